The summed E-state index contributed by atoms with van der Waals surface area (Å²) >= 11 is 0. The molecule has 0 atom stereocenters. The quantitative estimate of drug-likeness (QED) is 0.847. The van der Waals surface area contributed by atoms with E-state index in [2.05, 4.69) is 12.1 Å². The predicted octanol–water partition coefficient (Wildman–Crippen LogP) is 3.39. The largest absolute Gasteiger partial charge is 0.476 e. The van der Waals surface area contributed by atoms with E-state index in [1.54, 1.807) is 20.8 Å². The van der Waals surface area contributed by atoms with Crippen molar-refractivity contribution in [2.24, 2.45) is 5.73 Å². The summed E-state index contributed by atoms with van der Waals surface area (Å²) in [7, 11) is 0. The fourth-order valence-corrected chi connectivity index (χ4v) is 2.90. The summed E-state index contributed by atoms with van der Waals surface area (Å²) in [6.45, 7) is 5.59. The molecule has 1 aliphatic carbocycles. The summed E-state index contributed by atoms with van der Waals surface area (Å²) in [6.07, 6.45) is 4.49. The highest BCUT2D eigenvalue weighted by molar-refractivity contribution is 5.79. The summed E-state index contributed by atoms with van der Waals surface area (Å²) in [5.74, 6) is 0.932. The van der Waals surface area contributed by atoms with Crippen molar-refractivity contribution in [1.82, 2.24) is 0 Å². The van der Waals surface area contributed by atoms with Crippen molar-refractivity contribution in [3.05, 3.63) is 29.8 Å². The van der Waals surface area contributed by atoms with Gasteiger partial charge in [0.15, 0.2) is 5.60 Å². The zero-order valence-electron chi connectivity index (χ0n) is 13.8. The van der Waals surface area contributed by atoms with Gasteiger partial charge in [-0.25, -0.2) is 4.79 Å². The van der Waals surface area contributed by atoms with Crippen molar-refractivity contribution < 1.29 is 14.3 Å². The lowest BCUT2D eigenvalue weighted by Crippen LogP contribution is -2.39. The Morgan fingerprint density at radius 2 is 1.77 bits per heavy atom. The Labute approximate surface area is 133 Å². The van der Waals surface area contributed by atoms with Crippen LogP contribution >= 0.6 is 0 Å². The van der Waals surface area contributed by atoms with Crippen molar-refractivity contribution in [3.8, 4) is 5.75 Å². The Kier molecular flexibility index (Phi) is 5.46. The maximum atomic E-state index is 11.9. The molecule has 1 aliphatic rings. The summed E-state index contributed by atoms with van der Waals surface area (Å²) in [6, 6.07) is 8.43. The normalized spacial score (nSPS) is 22.2. The van der Waals surface area contributed by atoms with Gasteiger partial charge in [0.05, 0.1) is 6.61 Å². The molecule has 1 fully saturated rings. The molecule has 1 aromatic carbocycles. The highest BCUT2D eigenvalue weighted by Crippen LogP contribution is 2.33. The standard InChI is InChI=1S/C18H27NO3/c1-4-21-17(20)18(2,3)22-16-11-7-14(8-12-16)13-5-9-15(19)10-6-13/h7-8,11-13,15H,4-6,9-10,19H2,1-3H3. The Morgan fingerprint density at radius 1 is 1.18 bits per heavy atom. The highest BCUT2D eigenvalue weighted by Gasteiger charge is 2.31. The smallest absolute Gasteiger partial charge is 0.349 e. The van der Waals surface area contributed by atoms with Gasteiger partial charge in [-0.15, -0.1) is 0 Å². The molecule has 2 N–H and O–H groups in total. The summed E-state index contributed by atoms with van der Waals surface area (Å²) in [4.78, 5) is 11.9. The second-order valence-electron chi connectivity index (χ2n) is 6.51. The van der Waals surface area contributed by atoms with Crippen molar-refractivity contribution in [2.45, 2.75) is 64.0 Å². The maximum absolute atomic E-state index is 11.9. The number of carbonyl (C=O) groups excluding carboxylic acids is 1. The molecule has 2 rings (SSSR count). The Morgan fingerprint density at radius 3 is 2.32 bits per heavy atom. The first-order valence-electron chi connectivity index (χ1n) is 8.14. The van der Waals surface area contributed by atoms with Crippen LogP contribution in [0.25, 0.3) is 0 Å². The molecule has 0 amide bonds. The molecular weight excluding hydrogens is 278 g/mol. The fraction of sp³-hybridized carbons (Fsp3) is 0.611. The molecule has 0 aliphatic heterocycles. The van der Waals surface area contributed by atoms with Gasteiger partial charge in [0.25, 0.3) is 0 Å². The van der Waals surface area contributed by atoms with Crippen LogP contribution in [0.15, 0.2) is 24.3 Å². The maximum Gasteiger partial charge on any atom is 0.349 e. The highest BCUT2D eigenvalue weighted by atomic mass is 16.6. The number of hydrogen-bond donors (Lipinski definition) is 1. The molecule has 22 heavy (non-hydrogen) atoms. The van der Waals surface area contributed by atoms with E-state index in [1.165, 1.54) is 5.56 Å². The van der Waals surface area contributed by atoms with E-state index in [0.29, 0.717) is 24.3 Å². The van der Waals surface area contributed by atoms with Crippen molar-refractivity contribution >= 4 is 5.97 Å². The summed E-state index contributed by atoms with van der Waals surface area (Å²) in [5, 5.41) is 0. The first-order valence-corrected chi connectivity index (χ1v) is 8.14. The average Bonchev–Trinajstić information content (AvgIpc) is 2.49. The van der Waals surface area contributed by atoms with Crippen molar-refractivity contribution in [2.75, 3.05) is 6.61 Å². The molecule has 4 nitrogen and oxygen atoms in total. The summed E-state index contributed by atoms with van der Waals surface area (Å²) in [5.41, 5.74) is 6.31. The number of ether oxygens (including phenoxy) is 2. The van der Waals surface area contributed by atoms with Gasteiger partial charge in [0.1, 0.15) is 5.75 Å². The zero-order chi connectivity index (χ0) is 16.2. The SMILES string of the molecule is CCOC(=O)C(C)(C)Oc1ccc(C2CCC(N)CC2)cc1. The third kappa shape index (κ3) is 4.23. The van der Waals surface area contributed by atoms with Gasteiger partial charge < -0.3 is 15.2 Å². The molecule has 0 heterocycles. The van der Waals surface area contributed by atoms with Crippen LogP contribution in [0.4, 0.5) is 0 Å². The van der Waals surface area contributed by atoms with Gasteiger partial charge in [0.2, 0.25) is 0 Å². The van der Waals surface area contributed by atoms with Gasteiger partial charge in [-0.2, -0.15) is 0 Å². The molecule has 0 spiro atoms. The lowest BCUT2D eigenvalue weighted by Gasteiger charge is -2.27. The predicted molar refractivity (Wildman–Crippen MR) is 87.0 cm³/mol. The molecule has 0 bridgehead atoms. The van der Waals surface area contributed by atoms with Gasteiger partial charge in [-0.3, -0.25) is 0 Å². The summed E-state index contributed by atoms with van der Waals surface area (Å²) < 4.78 is 10.8. The van der Waals surface area contributed by atoms with Gasteiger partial charge >= 0.3 is 5.97 Å². The lowest BCUT2D eigenvalue weighted by atomic mass is 9.82. The van der Waals surface area contributed by atoms with E-state index in [9.17, 15) is 4.79 Å². The number of carbonyl (C=O) groups is 1. The van der Waals surface area contributed by atoms with Gasteiger partial charge in [-0.1, -0.05) is 12.1 Å². The topological polar surface area (TPSA) is 61.5 Å². The molecule has 122 valence electrons. The monoisotopic (exact) mass is 305 g/mol. The third-order valence-electron chi connectivity index (χ3n) is 4.26. The minimum absolute atomic E-state index is 0.347. The van der Waals surface area contributed by atoms with E-state index in [4.69, 9.17) is 15.2 Å². The molecule has 1 aromatic rings. The molecule has 4 heteroatoms. The van der Waals surface area contributed by atoms with E-state index in [0.717, 1.165) is 25.7 Å². The van der Waals surface area contributed by atoms with Crippen LogP contribution in [0.3, 0.4) is 0 Å². The number of hydrogen-bond acceptors (Lipinski definition) is 4. The number of esters is 1. The second kappa shape index (κ2) is 7.14. The van der Waals surface area contributed by atoms with Crippen LogP contribution in [0.2, 0.25) is 0 Å². The number of rotatable bonds is 5. The molecule has 1 saturated carbocycles. The van der Waals surface area contributed by atoms with Crippen LogP contribution in [0.5, 0.6) is 5.75 Å². The second-order valence-corrected chi connectivity index (χ2v) is 6.51. The van der Waals surface area contributed by atoms with Gasteiger partial charge in [-0.05, 0) is 70.1 Å². The van der Waals surface area contributed by atoms with Crippen LogP contribution in [0.1, 0.15) is 57.9 Å². The Bertz CT molecular complexity index is 488. The first-order chi connectivity index (χ1) is 10.4. The van der Waals surface area contributed by atoms with Crippen LogP contribution in [-0.2, 0) is 9.53 Å². The number of nitrogens with two attached hydrogens (primary N) is 1. The van der Waals surface area contributed by atoms with Crippen molar-refractivity contribution in [3.63, 3.8) is 0 Å². The van der Waals surface area contributed by atoms with Crippen LogP contribution in [0, 0.1) is 0 Å². The Balaban J connectivity index is 1.98. The van der Waals surface area contributed by atoms with Crippen LogP contribution in [-0.4, -0.2) is 24.2 Å². The molecule has 0 radical (unpaired) electrons. The molecule has 0 aromatic heterocycles. The molecule has 0 unspecified atom stereocenters. The lowest BCUT2D eigenvalue weighted by molar-refractivity contribution is -0.158. The minimum atomic E-state index is -0.977. The van der Waals surface area contributed by atoms with Crippen molar-refractivity contribution in [1.29, 1.82) is 0 Å². The van der Waals surface area contributed by atoms with Crippen LogP contribution < -0.4 is 10.5 Å². The van der Waals surface area contributed by atoms with E-state index in [1.807, 2.05) is 12.1 Å². The van der Waals surface area contributed by atoms with E-state index >= 15 is 0 Å². The zero-order valence-corrected chi connectivity index (χ0v) is 13.8. The first kappa shape index (κ1) is 16.8. The average molecular weight is 305 g/mol. The molecular formula is C18H27NO3. The minimum Gasteiger partial charge on any atom is -0.476 e. The number of benzene rings is 1. The fourth-order valence-electron chi connectivity index (χ4n) is 2.90. The van der Waals surface area contributed by atoms with E-state index in [-0.39, 0.29) is 5.97 Å². The van der Waals surface area contributed by atoms with E-state index < -0.39 is 5.60 Å². The molecule has 0 saturated heterocycles. The van der Waals surface area contributed by atoms with Gasteiger partial charge in [0, 0.05) is 6.04 Å². The third-order valence-corrected chi connectivity index (χ3v) is 4.26. The Hall–Kier alpha value is -1.55.